The summed E-state index contributed by atoms with van der Waals surface area (Å²) in [5.74, 6) is 1.23. The predicted molar refractivity (Wildman–Crippen MR) is 117 cm³/mol. The molecule has 0 bridgehead atoms. The molecule has 1 unspecified atom stereocenters. The Hall–Kier alpha value is -2.39. The van der Waals surface area contributed by atoms with Gasteiger partial charge in [-0.25, -0.2) is 0 Å². The van der Waals surface area contributed by atoms with Gasteiger partial charge in [-0.15, -0.1) is 0 Å². The van der Waals surface area contributed by atoms with Gasteiger partial charge in [0.15, 0.2) is 11.0 Å². The zero-order valence-corrected chi connectivity index (χ0v) is 18.9. The number of aryl methyl sites for hydroxylation is 2. The first-order valence-corrected chi connectivity index (χ1v) is 11.1. The quantitative estimate of drug-likeness (QED) is 0.472. The summed E-state index contributed by atoms with van der Waals surface area (Å²) in [4.78, 5) is 27.2. The van der Waals surface area contributed by atoms with Crippen molar-refractivity contribution in [3.05, 3.63) is 52.6 Å². The molecule has 2 aromatic rings. The molecule has 0 amide bonds. The van der Waals surface area contributed by atoms with Gasteiger partial charge in [-0.1, -0.05) is 31.5 Å². The first-order valence-electron chi connectivity index (χ1n) is 9.61. The molecule has 0 aliphatic carbocycles. The Balaban J connectivity index is 2.59. The number of carbonyl (C=O) groups excluding carboxylic acids is 2. The molecule has 0 fully saturated rings. The normalized spacial score (nSPS) is 11.7. The summed E-state index contributed by atoms with van der Waals surface area (Å²) in [7, 11) is 2.91. The molecule has 0 aliphatic rings. The van der Waals surface area contributed by atoms with E-state index < -0.39 is 7.92 Å². The minimum atomic E-state index is -1.61. The molecule has 0 N–H and O–H groups in total. The minimum absolute atomic E-state index is 0.0889. The third-order valence-electron chi connectivity index (χ3n) is 4.85. The van der Waals surface area contributed by atoms with Crippen LogP contribution in [0, 0.1) is 13.8 Å². The average molecular weight is 416 g/mol. The SMILES string of the molecule is CCCCP(C(=O)c1c(C)cccc1C)C(=O)c1c(OC)cc(OC)cc1OC. The highest BCUT2D eigenvalue weighted by Gasteiger charge is 2.33. The Labute approximate surface area is 174 Å². The van der Waals surface area contributed by atoms with Crippen LogP contribution < -0.4 is 14.2 Å². The number of methoxy groups -OCH3 is 3. The van der Waals surface area contributed by atoms with E-state index in [9.17, 15) is 9.59 Å². The van der Waals surface area contributed by atoms with Crippen molar-refractivity contribution in [2.24, 2.45) is 0 Å². The van der Waals surface area contributed by atoms with E-state index in [1.807, 2.05) is 32.0 Å². The molecule has 0 aliphatic heterocycles. The number of benzene rings is 2. The van der Waals surface area contributed by atoms with Crippen molar-refractivity contribution in [2.75, 3.05) is 27.5 Å². The Morgan fingerprint density at radius 1 is 0.862 bits per heavy atom. The molecular formula is C23H29O5P. The standard InChI is InChI=1S/C23H29O5P/c1-7-8-12-29(22(24)20-15(2)10-9-11-16(20)3)23(25)21-18(27-5)13-17(26-4)14-19(21)28-6/h9-11,13-14H,7-8,12H2,1-6H3. The third-order valence-corrected chi connectivity index (χ3v) is 7.04. The van der Waals surface area contributed by atoms with E-state index in [0.29, 0.717) is 34.5 Å². The number of carbonyl (C=O) groups is 2. The maximum absolute atomic E-state index is 13.7. The van der Waals surface area contributed by atoms with Crippen molar-refractivity contribution in [1.29, 1.82) is 0 Å². The molecule has 156 valence electrons. The number of unbranched alkanes of at least 4 members (excludes halogenated alkanes) is 1. The summed E-state index contributed by atoms with van der Waals surface area (Å²) in [6.07, 6.45) is 2.24. The first-order chi connectivity index (χ1) is 13.9. The van der Waals surface area contributed by atoms with Gasteiger partial charge in [-0.05, 0) is 37.6 Å². The van der Waals surface area contributed by atoms with Crippen molar-refractivity contribution >= 4 is 19.0 Å². The van der Waals surface area contributed by atoms with Gasteiger partial charge >= 0.3 is 0 Å². The molecular weight excluding hydrogens is 387 g/mol. The lowest BCUT2D eigenvalue weighted by Gasteiger charge is -2.20. The smallest absolute Gasteiger partial charge is 0.199 e. The summed E-state index contributed by atoms with van der Waals surface area (Å²) in [5.41, 5.74) is 2.42. The Morgan fingerprint density at radius 2 is 1.38 bits per heavy atom. The molecule has 0 spiro atoms. The van der Waals surface area contributed by atoms with Crippen LogP contribution in [0.4, 0.5) is 0 Å². The van der Waals surface area contributed by atoms with E-state index >= 15 is 0 Å². The molecule has 2 rings (SSSR count). The van der Waals surface area contributed by atoms with Gasteiger partial charge in [0.2, 0.25) is 0 Å². The summed E-state index contributed by atoms with van der Waals surface area (Å²) in [6.45, 7) is 5.87. The van der Waals surface area contributed by atoms with E-state index in [1.54, 1.807) is 12.1 Å². The van der Waals surface area contributed by atoms with Gasteiger partial charge in [-0.2, -0.15) is 0 Å². The van der Waals surface area contributed by atoms with Gasteiger partial charge in [0.25, 0.3) is 0 Å². The zero-order chi connectivity index (χ0) is 21.6. The summed E-state index contributed by atoms with van der Waals surface area (Å²) < 4.78 is 16.2. The van der Waals surface area contributed by atoms with Crippen LogP contribution in [0.1, 0.15) is 51.6 Å². The van der Waals surface area contributed by atoms with Crippen molar-refractivity contribution in [3.63, 3.8) is 0 Å². The van der Waals surface area contributed by atoms with Crippen LogP contribution in [0.25, 0.3) is 0 Å². The van der Waals surface area contributed by atoms with Gasteiger partial charge < -0.3 is 14.2 Å². The summed E-state index contributed by atoms with van der Waals surface area (Å²) >= 11 is 0. The molecule has 29 heavy (non-hydrogen) atoms. The van der Waals surface area contributed by atoms with E-state index in [4.69, 9.17) is 14.2 Å². The molecule has 1 atom stereocenters. The van der Waals surface area contributed by atoms with Crippen LogP contribution in [-0.4, -0.2) is 38.5 Å². The Bertz CT molecular complexity index is 846. The second-order valence-electron chi connectivity index (χ2n) is 6.79. The van der Waals surface area contributed by atoms with Gasteiger partial charge in [0.05, 0.1) is 21.3 Å². The largest absolute Gasteiger partial charge is 0.496 e. The second kappa shape index (κ2) is 10.4. The monoisotopic (exact) mass is 416 g/mol. The fourth-order valence-corrected chi connectivity index (χ4v) is 5.59. The number of hydrogen-bond acceptors (Lipinski definition) is 5. The van der Waals surface area contributed by atoms with Gasteiger partial charge in [0, 0.05) is 25.6 Å². The van der Waals surface area contributed by atoms with Crippen molar-refractivity contribution < 1.29 is 23.8 Å². The highest BCUT2D eigenvalue weighted by atomic mass is 31.1. The van der Waals surface area contributed by atoms with E-state index in [-0.39, 0.29) is 11.0 Å². The topological polar surface area (TPSA) is 61.8 Å². The van der Waals surface area contributed by atoms with E-state index in [2.05, 4.69) is 6.92 Å². The lowest BCUT2D eigenvalue weighted by Crippen LogP contribution is -2.13. The minimum Gasteiger partial charge on any atom is -0.496 e. The molecule has 0 saturated heterocycles. The van der Waals surface area contributed by atoms with Crippen molar-refractivity contribution in [3.8, 4) is 17.2 Å². The number of rotatable bonds is 10. The highest BCUT2D eigenvalue weighted by molar-refractivity contribution is 7.90. The fraction of sp³-hybridized carbons (Fsp3) is 0.391. The second-order valence-corrected chi connectivity index (χ2v) is 8.90. The summed E-state index contributed by atoms with van der Waals surface area (Å²) in [5, 5.41) is 0. The molecule has 6 heteroatoms. The third kappa shape index (κ3) is 4.97. The molecule has 5 nitrogen and oxygen atoms in total. The molecule has 2 aromatic carbocycles. The molecule has 0 aromatic heterocycles. The van der Waals surface area contributed by atoms with Gasteiger partial charge in [0.1, 0.15) is 22.8 Å². The molecule has 0 saturated carbocycles. The average Bonchev–Trinajstić information content (AvgIpc) is 2.72. The predicted octanol–water partition coefficient (Wildman–Crippen LogP) is 5.59. The highest BCUT2D eigenvalue weighted by Crippen LogP contribution is 2.49. The van der Waals surface area contributed by atoms with Crippen molar-refractivity contribution in [1.82, 2.24) is 0 Å². The van der Waals surface area contributed by atoms with E-state index in [1.165, 1.54) is 21.3 Å². The lowest BCUT2D eigenvalue weighted by atomic mass is 10.0. The molecule has 0 radical (unpaired) electrons. The van der Waals surface area contributed by atoms with Crippen LogP contribution in [-0.2, 0) is 0 Å². The first kappa shape index (κ1) is 22.9. The van der Waals surface area contributed by atoms with Gasteiger partial charge in [-0.3, -0.25) is 9.59 Å². The Kier molecular flexibility index (Phi) is 8.21. The van der Waals surface area contributed by atoms with Crippen LogP contribution >= 0.6 is 7.92 Å². The maximum atomic E-state index is 13.7. The zero-order valence-electron chi connectivity index (χ0n) is 18.0. The van der Waals surface area contributed by atoms with Crippen LogP contribution in [0.15, 0.2) is 30.3 Å². The number of hydrogen-bond donors (Lipinski definition) is 0. The van der Waals surface area contributed by atoms with E-state index in [0.717, 1.165) is 24.0 Å². The molecule has 0 heterocycles. The fourth-order valence-electron chi connectivity index (χ4n) is 3.25. The Morgan fingerprint density at radius 3 is 1.83 bits per heavy atom. The number of ether oxygens (including phenoxy) is 3. The van der Waals surface area contributed by atoms with Crippen LogP contribution in [0.3, 0.4) is 0 Å². The maximum Gasteiger partial charge on any atom is 0.199 e. The van der Waals surface area contributed by atoms with Crippen LogP contribution in [0.2, 0.25) is 0 Å². The van der Waals surface area contributed by atoms with Crippen LogP contribution in [0.5, 0.6) is 17.2 Å². The van der Waals surface area contributed by atoms with Crippen molar-refractivity contribution in [2.45, 2.75) is 33.6 Å². The lowest BCUT2D eigenvalue weighted by molar-refractivity contribution is 0.104. The summed E-state index contributed by atoms with van der Waals surface area (Å²) in [6, 6.07) is 9.03.